The molecule has 3 aliphatic rings. The number of piperidine rings is 1. The lowest BCUT2D eigenvalue weighted by Gasteiger charge is -2.45. The van der Waals surface area contributed by atoms with Crippen LogP contribution in [0.4, 0.5) is 0 Å². The quantitative estimate of drug-likeness (QED) is 0.635. The lowest BCUT2D eigenvalue weighted by atomic mass is 9.90. The van der Waals surface area contributed by atoms with E-state index < -0.39 is 25.5 Å². The number of nitrogens with zero attached hydrogens (tertiary/aromatic N) is 2. The SMILES string of the molecule is CN1CC2(CCN(S(=O)(=O)CCC3CCS(=O)(=O)C3)CC2)OCC1=O. The molecule has 8 nitrogen and oxygen atoms in total. The predicted molar refractivity (Wildman–Crippen MR) is 92.3 cm³/mol. The van der Waals surface area contributed by atoms with Gasteiger partial charge in [-0.25, -0.2) is 21.1 Å². The summed E-state index contributed by atoms with van der Waals surface area (Å²) in [5.41, 5.74) is -0.436. The molecular weight excluding hydrogens is 368 g/mol. The van der Waals surface area contributed by atoms with Crippen molar-refractivity contribution < 1.29 is 26.4 Å². The summed E-state index contributed by atoms with van der Waals surface area (Å²) in [5, 5.41) is 0. The van der Waals surface area contributed by atoms with Crippen LogP contribution in [-0.4, -0.2) is 88.1 Å². The van der Waals surface area contributed by atoms with Crippen LogP contribution in [0, 0.1) is 5.92 Å². The molecule has 0 radical (unpaired) electrons. The molecule has 0 bridgehead atoms. The van der Waals surface area contributed by atoms with Crippen LogP contribution in [0.5, 0.6) is 0 Å². The van der Waals surface area contributed by atoms with E-state index in [1.807, 2.05) is 0 Å². The molecule has 0 aromatic carbocycles. The number of rotatable bonds is 4. The van der Waals surface area contributed by atoms with Crippen molar-refractivity contribution in [2.24, 2.45) is 5.92 Å². The Balaban J connectivity index is 1.52. The first kappa shape index (κ1) is 19.1. The van der Waals surface area contributed by atoms with Gasteiger partial charge in [-0.2, -0.15) is 0 Å². The topological polar surface area (TPSA) is 101 Å². The smallest absolute Gasteiger partial charge is 0.248 e. The second-order valence-electron chi connectivity index (χ2n) is 7.49. The Morgan fingerprint density at radius 1 is 1.28 bits per heavy atom. The van der Waals surface area contributed by atoms with Gasteiger partial charge in [-0.15, -0.1) is 0 Å². The van der Waals surface area contributed by atoms with Crippen molar-refractivity contribution in [3.05, 3.63) is 0 Å². The van der Waals surface area contributed by atoms with Gasteiger partial charge in [-0.3, -0.25) is 4.79 Å². The lowest BCUT2D eigenvalue weighted by molar-refractivity contribution is -0.167. The number of morpholine rings is 1. The molecule has 0 aromatic rings. The molecule has 0 N–H and O–H groups in total. The van der Waals surface area contributed by atoms with E-state index in [9.17, 15) is 21.6 Å². The molecule has 3 aliphatic heterocycles. The highest BCUT2D eigenvalue weighted by Gasteiger charge is 2.43. The van der Waals surface area contributed by atoms with E-state index in [1.54, 1.807) is 11.9 Å². The summed E-state index contributed by atoms with van der Waals surface area (Å²) in [6.07, 6.45) is 2.11. The van der Waals surface area contributed by atoms with Gasteiger partial charge in [0.15, 0.2) is 9.84 Å². The third kappa shape index (κ3) is 4.35. The van der Waals surface area contributed by atoms with Crippen LogP contribution >= 0.6 is 0 Å². The van der Waals surface area contributed by atoms with E-state index in [4.69, 9.17) is 4.74 Å². The fourth-order valence-electron chi connectivity index (χ4n) is 3.91. The normalized spacial score (nSPS) is 30.0. The molecule has 3 fully saturated rings. The van der Waals surface area contributed by atoms with Crippen molar-refractivity contribution in [3.8, 4) is 0 Å². The van der Waals surface area contributed by atoms with Gasteiger partial charge >= 0.3 is 0 Å². The second kappa shape index (κ2) is 6.79. The first-order chi connectivity index (χ1) is 11.6. The first-order valence-corrected chi connectivity index (χ1v) is 12.1. The number of sulfone groups is 1. The fourth-order valence-corrected chi connectivity index (χ4v) is 7.45. The summed E-state index contributed by atoms with van der Waals surface area (Å²) in [5.74, 6) is 0.191. The maximum atomic E-state index is 12.6. The van der Waals surface area contributed by atoms with E-state index >= 15 is 0 Å². The Hall–Kier alpha value is -0.710. The number of ether oxygens (including phenoxy) is 1. The van der Waals surface area contributed by atoms with Gasteiger partial charge in [0.25, 0.3) is 0 Å². The molecule has 3 heterocycles. The highest BCUT2D eigenvalue weighted by atomic mass is 32.2. The minimum absolute atomic E-state index is 0.000563. The van der Waals surface area contributed by atoms with Crippen LogP contribution in [0.2, 0.25) is 0 Å². The van der Waals surface area contributed by atoms with E-state index in [1.165, 1.54) is 4.31 Å². The maximum absolute atomic E-state index is 12.6. The summed E-state index contributed by atoms with van der Waals surface area (Å²) >= 11 is 0. The Morgan fingerprint density at radius 3 is 2.52 bits per heavy atom. The van der Waals surface area contributed by atoms with Gasteiger partial charge in [-0.1, -0.05) is 0 Å². The average Bonchev–Trinajstić information content (AvgIpc) is 2.89. The largest absolute Gasteiger partial charge is 0.363 e. The number of amides is 1. The molecular formula is C15H26N2O6S2. The number of likely N-dealkylation sites (N-methyl/N-ethyl adjacent to an activating group) is 1. The third-order valence-electron chi connectivity index (χ3n) is 5.59. The molecule has 1 spiro atoms. The van der Waals surface area contributed by atoms with Gasteiger partial charge in [-0.05, 0) is 31.6 Å². The molecule has 0 aromatic heterocycles. The van der Waals surface area contributed by atoms with Gasteiger partial charge in [0, 0.05) is 26.7 Å². The molecule has 144 valence electrons. The highest BCUT2D eigenvalue weighted by Crippen LogP contribution is 2.31. The van der Waals surface area contributed by atoms with Crippen molar-refractivity contribution in [2.75, 3.05) is 50.5 Å². The van der Waals surface area contributed by atoms with Crippen molar-refractivity contribution in [3.63, 3.8) is 0 Å². The summed E-state index contributed by atoms with van der Waals surface area (Å²) in [6, 6.07) is 0. The van der Waals surface area contributed by atoms with Crippen molar-refractivity contribution in [2.45, 2.75) is 31.3 Å². The Bertz CT molecular complexity index is 725. The van der Waals surface area contributed by atoms with Crippen molar-refractivity contribution in [1.29, 1.82) is 0 Å². The van der Waals surface area contributed by atoms with Gasteiger partial charge < -0.3 is 9.64 Å². The Kier molecular flexibility index (Phi) is 5.18. The Labute approximate surface area is 149 Å². The highest BCUT2D eigenvalue weighted by molar-refractivity contribution is 7.91. The number of hydrogen-bond donors (Lipinski definition) is 0. The zero-order valence-electron chi connectivity index (χ0n) is 14.5. The molecule has 1 atom stereocenters. The monoisotopic (exact) mass is 394 g/mol. The van der Waals surface area contributed by atoms with Crippen molar-refractivity contribution >= 4 is 25.8 Å². The number of carbonyl (C=O) groups excluding carboxylic acids is 1. The van der Waals surface area contributed by atoms with Crippen LogP contribution in [0.15, 0.2) is 0 Å². The number of hydrogen-bond acceptors (Lipinski definition) is 6. The van der Waals surface area contributed by atoms with Crippen LogP contribution in [0.1, 0.15) is 25.7 Å². The second-order valence-corrected chi connectivity index (χ2v) is 11.8. The molecule has 1 amide bonds. The van der Waals surface area contributed by atoms with Crippen molar-refractivity contribution in [1.82, 2.24) is 9.21 Å². The zero-order chi connectivity index (χ0) is 18.3. The van der Waals surface area contributed by atoms with Crippen LogP contribution < -0.4 is 0 Å². The van der Waals surface area contributed by atoms with Gasteiger partial charge in [0.2, 0.25) is 15.9 Å². The summed E-state index contributed by atoms with van der Waals surface area (Å²) in [7, 11) is -4.62. The molecule has 3 saturated heterocycles. The van der Waals surface area contributed by atoms with E-state index in [0.29, 0.717) is 45.3 Å². The standard InChI is InChI=1S/C15H26N2O6S2/c1-16-12-15(23-10-14(16)18)4-6-17(7-5-15)25(21,22)9-3-13-2-8-24(19,20)11-13/h13H,2-12H2,1H3. The van der Waals surface area contributed by atoms with Crippen LogP contribution in [-0.2, 0) is 29.4 Å². The summed E-state index contributed by atoms with van der Waals surface area (Å²) in [4.78, 5) is 13.2. The summed E-state index contributed by atoms with van der Waals surface area (Å²) < 4.78 is 55.3. The zero-order valence-corrected chi connectivity index (χ0v) is 16.1. The van der Waals surface area contributed by atoms with Crippen LogP contribution in [0.3, 0.4) is 0 Å². The minimum atomic E-state index is -3.39. The molecule has 3 rings (SSSR count). The molecule has 0 saturated carbocycles. The van der Waals surface area contributed by atoms with Gasteiger partial charge in [0.1, 0.15) is 6.61 Å². The summed E-state index contributed by atoms with van der Waals surface area (Å²) in [6.45, 7) is 1.32. The predicted octanol–water partition coefficient (Wildman–Crippen LogP) is -0.536. The maximum Gasteiger partial charge on any atom is 0.248 e. The molecule has 1 unspecified atom stereocenters. The molecule has 10 heteroatoms. The average molecular weight is 395 g/mol. The van der Waals surface area contributed by atoms with E-state index in [0.717, 1.165) is 0 Å². The number of carbonyl (C=O) groups is 1. The van der Waals surface area contributed by atoms with E-state index in [-0.39, 0.29) is 35.7 Å². The number of sulfonamides is 1. The van der Waals surface area contributed by atoms with Gasteiger partial charge in [0.05, 0.1) is 22.9 Å². The third-order valence-corrected chi connectivity index (χ3v) is 9.33. The molecule has 25 heavy (non-hydrogen) atoms. The Morgan fingerprint density at radius 2 is 1.96 bits per heavy atom. The lowest BCUT2D eigenvalue weighted by Crippen LogP contribution is -2.58. The minimum Gasteiger partial charge on any atom is -0.363 e. The molecule has 0 aliphatic carbocycles. The van der Waals surface area contributed by atoms with Crippen LogP contribution in [0.25, 0.3) is 0 Å². The van der Waals surface area contributed by atoms with E-state index in [2.05, 4.69) is 0 Å². The first-order valence-electron chi connectivity index (χ1n) is 8.67. The fraction of sp³-hybridized carbons (Fsp3) is 0.933.